The van der Waals surface area contributed by atoms with Crippen molar-refractivity contribution in [2.24, 2.45) is 11.8 Å². The van der Waals surface area contributed by atoms with Crippen molar-refractivity contribution in [3.8, 4) is 11.5 Å². The number of phenolic OH excluding ortho intramolecular Hbond substituents is 2. The summed E-state index contributed by atoms with van der Waals surface area (Å²) in [7, 11) is 0. The number of hydrogen-bond acceptors (Lipinski definition) is 2. The van der Waals surface area contributed by atoms with E-state index in [1.54, 1.807) is 0 Å². The number of benzene rings is 1. The predicted molar refractivity (Wildman–Crippen MR) is 92.5 cm³/mol. The summed E-state index contributed by atoms with van der Waals surface area (Å²) >= 11 is 0. The highest BCUT2D eigenvalue weighted by molar-refractivity contribution is 5.52. The summed E-state index contributed by atoms with van der Waals surface area (Å²) in [6.07, 6.45) is 4.46. The van der Waals surface area contributed by atoms with E-state index in [1.165, 1.54) is 5.57 Å². The lowest BCUT2D eigenvalue weighted by Crippen LogP contribution is -2.21. The molecule has 1 aliphatic carbocycles. The number of hydrogen-bond donors (Lipinski definition) is 2. The SMILES string of the molecule is CC1=CC(c2c(O)cc(C(C)(C)C)cc2O)C(C(C)C)CC1. The normalized spacial score (nSPS) is 22.8. The first kappa shape index (κ1) is 16.9. The van der Waals surface area contributed by atoms with Crippen molar-refractivity contribution in [3.63, 3.8) is 0 Å². The zero-order valence-electron chi connectivity index (χ0n) is 14.8. The van der Waals surface area contributed by atoms with Crippen LogP contribution in [-0.4, -0.2) is 10.2 Å². The van der Waals surface area contributed by atoms with Crippen LogP contribution >= 0.6 is 0 Å². The monoisotopic (exact) mass is 302 g/mol. The molecule has 2 nitrogen and oxygen atoms in total. The molecule has 0 saturated heterocycles. The number of allylic oxidation sites excluding steroid dienone is 2. The van der Waals surface area contributed by atoms with Crippen LogP contribution in [0.4, 0.5) is 0 Å². The maximum Gasteiger partial charge on any atom is 0.123 e. The van der Waals surface area contributed by atoms with E-state index in [0.29, 0.717) is 17.4 Å². The minimum Gasteiger partial charge on any atom is -0.507 e. The minimum absolute atomic E-state index is 0.0940. The Balaban J connectivity index is 2.53. The predicted octanol–water partition coefficient (Wildman–Crippen LogP) is 5.49. The molecule has 2 rings (SSSR count). The third kappa shape index (κ3) is 3.31. The van der Waals surface area contributed by atoms with Crippen LogP contribution in [0.15, 0.2) is 23.8 Å². The summed E-state index contributed by atoms with van der Waals surface area (Å²) in [6, 6.07) is 3.65. The molecule has 0 fully saturated rings. The second-order valence-electron chi connectivity index (χ2n) is 8.16. The zero-order valence-corrected chi connectivity index (χ0v) is 14.8. The van der Waals surface area contributed by atoms with Crippen molar-refractivity contribution in [2.75, 3.05) is 0 Å². The van der Waals surface area contributed by atoms with E-state index in [1.807, 2.05) is 12.1 Å². The third-order valence-electron chi connectivity index (χ3n) is 4.99. The number of rotatable bonds is 2. The van der Waals surface area contributed by atoms with E-state index in [9.17, 15) is 10.2 Å². The molecule has 22 heavy (non-hydrogen) atoms. The lowest BCUT2D eigenvalue weighted by atomic mass is 9.71. The first-order chi connectivity index (χ1) is 10.1. The topological polar surface area (TPSA) is 40.5 Å². The Morgan fingerprint density at radius 3 is 2.09 bits per heavy atom. The Bertz CT molecular complexity index is 553. The summed E-state index contributed by atoms with van der Waals surface area (Å²) in [6.45, 7) is 12.8. The van der Waals surface area contributed by atoms with Crippen molar-refractivity contribution in [1.82, 2.24) is 0 Å². The van der Waals surface area contributed by atoms with Gasteiger partial charge >= 0.3 is 0 Å². The highest BCUT2D eigenvalue weighted by Crippen LogP contribution is 2.47. The van der Waals surface area contributed by atoms with E-state index in [0.717, 1.165) is 18.4 Å². The number of phenols is 2. The van der Waals surface area contributed by atoms with Gasteiger partial charge in [-0.25, -0.2) is 0 Å². The van der Waals surface area contributed by atoms with Crippen molar-refractivity contribution in [2.45, 2.75) is 65.7 Å². The fourth-order valence-electron chi connectivity index (χ4n) is 3.53. The van der Waals surface area contributed by atoms with Crippen LogP contribution in [0.1, 0.15) is 71.4 Å². The van der Waals surface area contributed by atoms with Gasteiger partial charge in [-0.05, 0) is 54.7 Å². The molecule has 0 bridgehead atoms. The van der Waals surface area contributed by atoms with Crippen LogP contribution in [0.3, 0.4) is 0 Å². The van der Waals surface area contributed by atoms with Crippen LogP contribution in [0.5, 0.6) is 11.5 Å². The number of aromatic hydroxyl groups is 2. The van der Waals surface area contributed by atoms with Crippen LogP contribution in [0, 0.1) is 11.8 Å². The molecule has 2 N–H and O–H groups in total. The van der Waals surface area contributed by atoms with Gasteiger partial charge in [-0.15, -0.1) is 0 Å². The lowest BCUT2D eigenvalue weighted by Gasteiger charge is -2.34. The Morgan fingerprint density at radius 2 is 1.64 bits per heavy atom. The molecule has 0 saturated carbocycles. The smallest absolute Gasteiger partial charge is 0.123 e. The zero-order chi connectivity index (χ0) is 16.7. The van der Waals surface area contributed by atoms with E-state index in [4.69, 9.17) is 0 Å². The summed E-state index contributed by atoms with van der Waals surface area (Å²) in [4.78, 5) is 0. The summed E-state index contributed by atoms with van der Waals surface area (Å²) in [5.41, 5.74) is 2.92. The highest BCUT2D eigenvalue weighted by Gasteiger charge is 2.32. The molecule has 0 amide bonds. The van der Waals surface area contributed by atoms with Crippen molar-refractivity contribution in [1.29, 1.82) is 0 Å². The van der Waals surface area contributed by atoms with Crippen LogP contribution < -0.4 is 0 Å². The maximum absolute atomic E-state index is 10.6. The summed E-state index contributed by atoms with van der Waals surface area (Å²) in [5, 5.41) is 21.2. The van der Waals surface area contributed by atoms with Gasteiger partial charge in [-0.1, -0.05) is 46.3 Å². The van der Waals surface area contributed by atoms with E-state index < -0.39 is 0 Å². The Labute approximate surface area is 134 Å². The fraction of sp³-hybridized carbons (Fsp3) is 0.600. The van der Waals surface area contributed by atoms with Gasteiger partial charge in [0.1, 0.15) is 11.5 Å². The molecule has 1 aliphatic rings. The quantitative estimate of drug-likeness (QED) is 0.709. The van der Waals surface area contributed by atoms with Gasteiger partial charge in [0, 0.05) is 11.5 Å². The van der Waals surface area contributed by atoms with Crippen LogP contribution in [0.2, 0.25) is 0 Å². The molecule has 0 spiro atoms. The molecule has 1 aromatic rings. The third-order valence-corrected chi connectivity index (χ3v) is 4.99. The van der Waals surface area contributed by atoms with Gasteiger partial charge in [0.05, 0.1) is 0 Å². The van der Waals surface area contributed by atoms with Crippen LogP contribution in [-0.2, 0) is 5.41 Å². The molecular formula is C20H30O2. The Hall–Kier alpha value is -1.44. The summed E-state index contributed by atoms with van der Waals surface area (Å²) in [5.74, 6) is 1.54. The fourth-order valence-corrected chi connectivity index (χ4v) is 3.53. The van der Waals surface area contributed by atoms with Gasteiger partial charge in [-0.2, -0.15) is 0 Å². The Kier molecular flexibility index (Phi) is 4.60. The van der Waals surface area contributed by atoms with Gasteiger partial charge in [0.15, 0.2) is 0 Å². The van der Waals surface area contributed by atoms with Crippen LogP contribution in [0.25, 0.3) is 0 Å². The van der Waals surface area contributed by atoms with E-state index >= 15 is 0 Å². The van der Waals surface area contributed by atoms with Gasteiger partial charge in [0.25, 0.3) is 0 Å². The summed E-state index contributed by atoms with van der Waals surface area (Å²) < 4.78 is 0. The molecule has 2 atom stereocenters. The average molecular weight is 302 g/mol. The highest BCUT2D eigenvalue weighted by atomic mass is 16.3. The van der Waals surface area contributed by atoms with Gasteiger partial charge in [0.2, 0.25) is 0 Å². The molecule has 0 heterocycles. The first-order valence-electron chi connectivity index (χ1n) is 8.35. The molecule has 1 aromatic carbocycles. The molecule has 0 aliphatic heterocycles. The maximum atomic E-state index is 10.6. The minimum atomic E-state index is -0.0940. The molecule has 0 radical (unpaired) electrons. The molecular weight excluding hydrogens is 272 g/mol. The second kappa shape index (κ2) is 5.98. The largest absolute Gasteiger partial charge is 0.507 e. The molecule has 122 valence electrons. The standard InChI is InChI=1S/C20H30O2/c1-12(2)15-8-7-13(3)9-16(15)19-17(21)10-14(11-18(19)22)20(4,5)6/h9-12,15-16,21-22H,7-8H2,1-6H3. The van der Waals surface area contributed by atoms with E-state index in [-0.39, 0.29) is 22.8 Å². The van der Waals surface area contributed by atoms with Gasteiger partial charge < -0.3 is 10.2 Å². The second-order valence-corrected chi connectivity index (χ2v) is 8.16. The average Bonchev–Trinajstić information content (AvgIpc) is 2.36. The molecule has 2 heteroatoms. The van der Waals surface area contributed by atoms with E-state index in [2.05, 4.69) is 47.6 Å². The van der Waals surface area contributed by atoms with Crippen molar-refractivity contribution >= 4 is 0 Å². The van der Waals surface area contributed by atoms with Crippen molar-refractivity contribution < 1.29 is 10.2 Å². The first-order valence-corrected chi connectivity index (χ1v) is 8.35. The Morgan fingerprint density at radius 1 is 1.09 bits per heavy atom. The van der Waals surface area contributed by atoms with Crippen molar-refractivity contribution in [3.05, 3.63) is 34.9 Å². The van der Waals surface area contributed by atoms with Gasteiger partial charge in [-0.3, -0.25) is 0 Å². The molecule has 0 aromatic heterocycles. The lowest BCUT2D eigenvalue weighted by molar-refractivity contribution is 0.303. The molecule has 2 unspecified atom stereocenters.